The van der Waals surface area contributed by atoms with Gasteiger partial charge in [0.05, 0.1) is 18.1 Å². The summed E-state index contributed by atoms with van der Waals surface area (Å²) < 4.78 is 38.9. The molecule has 2 aromatic carbocycles. The first kappa shape index (κ1) is 17.3. The Morgan fingerprint density at radius 2 is 1.50 bits per heavy atom. The lowest BCUT2D eigenvalue weighted by Crippen LogP contribution is -2.45. The summed E-state index contributed by atoms with van der Waals surface area (Å²) in [6, 6.07) is 15.8. The van der Waals surface area contributed by atoms with Crippen LogP contribution >= 0.6 is 0 Å². The molecule has 26 heavy (non-hydrogen) atoms. The Bertz CT molecular complexity index is 837. The van der Waals surface area contributed by atoms with E-state index in [0.717, 1.165) is 31.6 Å². The maximum Gasteiger partial charge on any atom is 0.261 e. The SMILES string of the molecule is O=S(=O)(Nc1ccc(N2CCC3(CC2)OCCO3)cc1)c1ccccc1. The number of ether oxygens (including phenoxy) is 2. The molecule has 1 spiro atoms. The zero-order valence-corrected chi connectivity index (χ0v) is 15.2. The van der Waals surface area contributed by atoms with Crippen molar-refractivity contribution in [1.82, 2.24) is 0 Å². The van der Waals surface area contributed by atoms with Crippen molar-refractivity contribution in [2.75, 3.05) is 35.9 Å². The van der Waals surface area contributed by atoms with Crippen LogP contribution in [0.1, 0.15) is 12.8 Å². The van der Waals surface area contributed by atoms with Crippen LogP contribution in [-0.4, -0.2) is 40.5 Å². The van der Waals surface area contributed by atoms with Crippen molar-refractivity contribution in [2.45, 2.75) is 23.5 Å². The number of hydrogen-bond donors (Lipinski definition) is 1. The third-order valence-electron chi connectivity index (χ3n) is 4.88. The van der Waals surface area contributed by atoms with E-state index in [2.05, 4.69) is 9.62 Å². The molecule has 1 N–H and O–H groups in total. The van der Waals surface area contributed by atoms with Crippen LogP contribution in [0.2, 0.25) is 0 Å². The number of nitrogens with zero attached hydrogens (tertiary/aromatic N) is 1. The normalized spacial score (nSPS) is 19.6. The van der Waals surface area contributed by atoms with Gasteiger partial charge in [0.1, 0.15) is 0 Å². The summed E-state index contributed by atoms with van der Waals surface area (Å²) in [6.07, 6.45) is 1.69. The standard InChI is InChI=1S/C19H22N2O4S/c22-26(23,18-4-2-1-3-5-18)20-16-6-8-17(9-7-16)21-12-10-19(11-13-21)24-14-15-25-19/h1-9,20H,10-15H2. The van der Waals surface area contributed by atoms with Gasteiger partial charge in [-0.1, -0.05) is 18.2 Å². The highest BCUT2D eigenvalue weighted by atomic mass is 32.2. The van der Waals surface area contributed by atoms with Gasteiger partial charge in [-0.05, 0) is 36.4 Å². The van der Waals surface area contributed by atoms with Gasteiger partial charge in [0.2, 0.25) is 0 Å². The summed E-state index contributed by atoms with van der Waals surface area (Å²) >= 11 is 0. The molecule has 2 aliphatic rings. The minimum Gasteiger partial charge on any atom is -0.371 e. The van der Waals surface area contributed by atoms with Gasteiger partial charge in [0.25, 0.3) is 10.0 Å². The van der Waals surface area contributed by atoms with Crippen molar-refractivity contribution in [3.05, 3.63) is 54.6 Å². The predicted octanol–water partition coefficient (Wildman–Crippen LogP) is 2.83. The first-order chi connectivity index (χ1) is 12.6. The van der Waals surface area contributed by atoms with E-state index in [1.165, 1.54) is 0 Å². The van der Waals surface area contributed by atoms with Crippen LogP contribution < -0.4 is 9.62 Å². The number of sulfonamides is 1. The van der Waals surface area contributed by atoms with Gasteiger partial charge in [-0.3, -0.25) is 4.72 Å². The molecule has 2 aliphatic heterocycles. The molecular formula is C19H22N2O4S. The Kier molecular flexibility index (Phi) is 4.60. The van der Waals surface area contributed by atoms with Crippen LogP contribution in [0, 0.1) is 0 Å². The average molecular weight is 374 g/mol. The first-order valence-corrected chi connectivity index (χ1v) is 10.3. The summed E-state index contributed by atoms with van der Waals surface area (Å²) in [4.78, 5) is 2.52. The van der Waals surface area contributed by atoms with Gasteiger partial charge < -0.3 is 14.4 Å². The summed E-state index contributed by atoms with van der Waals surface area (Å²) in [5.74, 6) is -0.387. The van der Waals surface area contributed by atoms with Gasteiger partial charge in [-0.25, -0.2) is 8.42 Å². The summed E-state index contributed by atoms with van der Waals surface area (Å²) in [5, 5.41) is 0. The fraction of sp³-hybridized carbons (Fsp3) is 0.368. The maximum atomic E-state index is 12.4. The number of rotatable bonds is 4. The van der Waals surface area contributed by atoms with Gasteiger partial charge in [-0.2, -0.15) is 0 Å². The third kappa shape index (κ3) is 3.56. The highest BCUT2D eigenvalue weighted by Gasteiger charge is 2.39. The Morgan fingerprint density at radius 3 is 2.12 bits per heavy atom. The lowest BCUT2D eigenvalue weighted by molar-refractivity contribution is -0.169. The van der Waals surface area contributed by atoms with Crippen molar-refractivity contribution >= 4 is 21.4 Å². The molecule has 7 heteroatoms. The number of anilines is 2. The van der Waals surface area contributed by atoms with E-state index < -0.39 is 10.0 Å². The van der Waals surface area contributed by atoms with Crippen LogP contribution in [0.15, 0.2) is 59.5 Å². The molecule has 2 fully saturated rings. The van der Waals surface area contributed by atoms with Crippen molar-refractivity contribution in [3.8, 4) is 0 Å². The number of benzene rings is 2. The maximum absolute atomic E-state index is 12.4. The molecule has 6 nitrogen and oxygen atoms in total. The average Bonchev–Trinajstić information content (AvgIpc) is 3.12. The number of piperidine rings is 1. The van der Waals surface area contributed by atoms with Gasteiger partial charge in [-0.15, -0.1) is 0 Å². The molecule has 0 bridgehead atoms. The summed E-state index contributed by atoms with van der Waals surface area (Å²) in [7, 11) is -3.56. The zero-order valence-electron chi connectivity index (χ0n) is 14.4. The number of hydrogen-bond acceptors (Lipinski definition) is 5. The van der Waals surface area contributed by atoms with Crippen LogP contribution in [0.5, 0.6) is 0 Å². The van der Waals surface area contributed by atoms with Gasteiger partial charge in [0, 0.05) is 37.3 Å². The van der Waals surface area contributed by atoms with Crippen LogP contribution in [0.4, 0.5) is 11.4 Å². The quantitative estimate of drug-likeness (QED) is 0.891. The highest BCUT2D eigenvalue weighted by Crippen LogP contribution is 2.33. The Labute approximate surface area is 153 Å². The second-order valence-corrected chi connectivity index (χ2v) is 8.24. The molecule has 138 valence electrons. The summed E-state index contributed by atoms with van der Waals surface area (Å²) in [6.45, 7) is 3.07. The minimum absolute atomic E-state index is 0.252. The van der Waals surface area contributed by atoms with E-state index in [0.29, 0.717) is 18.9 Å². The Balaban J connectivity index is 1.41. The monoisotopic (exact) mass is 374 g/mol. The molecule has 2 heterocycles. The first-order valence-electron chi connectivity index (χ1n) is 8.77. The molecule has 0 amide bonds. The van der Waals surface area contributed by atoms with E-state index in [1.807, 2.05) is 12.1 Å². The Hall–Kier alpha value is -2.09. The molecule has 2 aromatic rings. The fourth-order valence-corrected chi connectivity index (χ4v) is 4.52. The van der Waals surface area contributed by atoms with E-state index in [-0.39, 0.29) is 10.7 Å². The van der Waals surface area contributed by atoms with Gasteiger partial charge in [0.15, 0.2) is 5.79 Å². The highest BCUT2D eigenvalue weighted by molar-refractivity contribution is 7.92. The van der Waals surface area contributed by atoms with Crippen LogP contribution in [-0.2, 0) is 19.5 Å². The molecule has 2 saturated heterocycles. The third-order valence-corrected chi connectivity index (χ3v) is 6.27. The van der Waals surface area contributed by atoms with Crippen molar-refractivity contribution < 1.29 is 17.9 Å². The van der Waals surface area contributed by atoms with E-state index in [4.69, 9.17) is 9.47 Å². The predicted molar refractivity (Wildman–Crippen MR) is 99.8 cm³/mol. The zero-order chi connectivity index (χ0) is 18.0. The van der Waals surface area contributed by atoms with E-state index in [1.54, 1.807) is 42.5 Å². The molecule has 0 aliphatic carbocycles. The van der Waals surface area contributed by atoms with Gasteiger partial charge >= 0.3 is 0 Å². The fourth-order valence-electron chi connectivity index (χ4n) is 3.45. The smallest absolute Gasteiger partial charge is 0.261 e. The molecule has 0 saturated carbocycles. The van der Waals surface area contributed by atoms with Crippen LogP contribution in [0.3, 0.4) is 0 Å². The molecule has 0 atom stereocenters. The van der Waals surface area contributed by atoms with Crippen molar-refractivity contribution in [1.29, 1.82) is 0 Å². The molecule has 4 rings (SSSR count). The molecular weight excluding hydrogens is 352 g/mol. The summed E-state index contributed by atoms with van der Waals surface area (Å²) in [5.41, 5.74) is 1.62. The Morgan fingerprint density at radius 1 is 0.885 bits per heavy atom. The minimum atomic E-state index is -3.56. The molecule has 0 radical (unpaired) electrons. The molecule has 0 aromatic heterocycles. The topological polar surface area (TPSA) is 67.9 Å². The van der Waals surface area contributed by atoms with Crippen molar-refractivity contribution in [3.63, 3.8) is 0 Å². The van der Waals surface area contributed by atoms with Crippen LogP contribution in [0.25, 0.3) is 0 Å². The second kappa shape index (κ2) is 6.90. The lowest BCUT2D eigenvalue weighted by Gasteiger charge is -2.38. The molecule has 0 unspecified atom stereocenters. The van der Waals surface area contributed by atoms with Crippen molar-refractivity contribution in [2.24, 2.45) is 0 Å². The largest absolute Gasteiger partial charge is 0.371 e. The lowest BCUT2D eigenvalue weighted by atomic mass is 10.0. The van der Waals surface area contributed by atoms with E-state index >= 15 is 0 Å². The van der Waals surface area contributed by atoms with E-state index in [9.17, 15) is 8.42 Å². The number of nitrogens with one attached hydrogen (secondary N) is 1. The second-order valence-electron chi connectivity index (χ2n) is 6.56.